The average molecular weight is 682 g/mol. The van der Waals surface area contributed by atoms with Gasteiger partial charge in [-0.15, -0.1) is 0 Å². The SMILES string of the molecule is CCCCOC(=O)N1CCN(C(=O)[C@H](CP(=O)(OCC)OCC)NC(=O)c2cc(-c3ccc(OC)cc3)nc(-c3ccccc3)n2)CC1. The van der Waals surface area contributed by atoms with Crippen LogP contribution in [0.15, 0.2) is 60.7 Å². The highest BCUT2D eigenvalue weighted by Crippen LogP contribution is 2.48. The van der Waals surface area contributed by atoms with Gasteiger partial charge in [0.2, 0.25) is 5.91 Å². The largest absolute Gasteiger partial charge is 0.497 e. The van der Waals surface area contributed by atoms with Gasteiger partial charge < -0.3 is 33.6 Å². The van der Waals surface area contributed by atoms with E-state index in [1.165, 1.54) is 4.90 Å². The van der Waals surface area contributed by atoms with Crippen LogP contribution in [-0.4, -0.2) is 103 Å². The number of carbonyl (C=O) groups is 3. The van der Waals surface area contributed by atoms with Gasteiger partial charge in [0.05, 0.1) is 38.8 Å². The molecule has 1 fully saturated rings. The van der Waals surface area contributed by atoms with Crippen molar-refractivity contribution < 1.29 is 37.5 Å². The first-order chi connectivity index (χ1) is 23.2. The molecule has 1 aliphatic rings. The monoisotopic (exact) mass is 681 g/mol. The number of unbranched alkanes of at least 4 members (excludes halogenated alkanes) is 1. The van der Waals surface area contributed by atoms with Crippen molar-refractivity contribution in [3.8, 4) is 28.4 Å². The molecule has 4 rings (SSSR count). The smallest absolute Gasteiger partial charge is 0.409 e. The van der Waals surface area contributed by atoms with Gasteiger partial charge in [-0.05, 0) is 50.6 Å². The minimum absolute atomic E-state index is 0.00904. The minimum Gasteiger partial charge on any atom is -0.497 e. The van der Waals surface area contributed by atoms with Crippen molar-refractivity contribution in [1.82, 2.24) is 25.1 Å². The zero-order valence-corrected chi connectivity index (χ0v) is 28.8. The van der Waals surface area contributed by atoms with Gasteiger partial charge >= 0.3 is 13.7 Å². The van der Waals surface area contributed by atoms with E-state index in [1.54, 1.807) is 44.1 Å². The summed E-state index contributed by atoms with van der Waals surface area (Å²) >= 11 is 0. The predicted octanol–water partition coefficient (Wildman–Crippen LogP) is 5.26. The summed E-state index contributed by atoms with van der Waals surface area (Å²) < 4.78 is 35.3. The van der Waals surface area contributed by atoms with Crippen molar-refractivity contribution in [1.29, 1.82) is 0 Å². The van der Waals surface area contributed by atoms with Crippen LogP contribution in [0.25, 0.3) is 22.6 Å². The number of hydrogen-bond donors (Lipinski definition) is 1. The average Bonchev–Trinajstić information content (AvgIpc) is 3.11. The van der Waals surface area contributed by atoms with Crippen molar-refractivity contribution in [3.05, 3.63) is 66.4 Å². The molecule has 1 saturated heterocycles. The van der Waals surface area contributed by atoms with Gasteiger partial charge in [0.15, 0.2) is 5.82 Å². The van der Waals surface area contributed by atoms with E-state index in [-0.39, 0.29) is 51.2 Å². The fourth-order valence-electron chi connectivity index (χ4n) is 5.09. The van der Waals surface area contributed by atoms with Crippen molar-refractivity contribution in [2.45, 2.75) is 39.7 Å². The van der Waals surface area contributed by atoms with E-state index in [1.807, 2.05) is 49.4 Å². The molecule has 13 nitrogen and oxygen atoms in total. The molecule has 1 aromatic heterocycles. The molecule has 1 aliphatic heterocycles. The number of ether oxygens (including phenoxy) is 2. The number of methoxy groups -OCH3 is 1. The van der Waals surface area contributed by atoms with E-state index in [2.05, 4.69) is 10.3 Å². The van der Waals surface area contributed by atoms with Gasteiger partial charge in [-0.2, -0.15) is 0 Å². The second-order valence-corrected chi connectivity index (χ2v) is 13.1. The summed E-state index contributed by atoms with van der Waals surface area (Å²) in [5.41, 5.74) is 1.91. The number of carbonyl (C=O) groups excluding carboxylic acids is 3. The number of rotatable bonds is 15. The fraction of sp³-hybridized carbons (Fsp3) is 0.441. The molecule has 0 bridgehead atoms. The Morgan fingerprint density at radius 1 is 0.875 bits per heavy atom. The highest BCUT2D eigenvalue weighted by atomic mass is 31.2. The second kappa shape index (κ2) is 17.7. The van der Waals surface area contributed by atoms with Crippen molar-refractivity contribution in [2.75, 3.05) is 59.3 Å². The Hall–Kier alpha value is -4.32. The van der Waals surface area contributed by atoms with E-state index in [0.717, 1.165) is 18.4 Å². The topological polar surface area (TPSA) is 149 Å². The van der Waals surface area contributed by atoms with E-state index < -0.39 is 31.5 Å². The van der Waals surface area contributed by atoms with Crippen LogP contribution >= 0.6 is 7.60 Å². The molecule has 0 unspecified atom stereocenters. The van der Waals surface area contributed by atoms with Crippen LogP contribution in [-0.2, 0) is 23.1 Å². The van der Waals surface area contributed by atoms with Crippen LogP contribution in [0.4, 0.5) is 4.79 Å². The Bertz CT molecular complexity index is 1560. The molecule has 0 radical (unpaired) electrons. The van der Waals surface area contributed by atoms with Crippen molar-refractivity contribution in [3.63, 3.8) is 0 Å². The Labute approximate surface area is 281 Å². The van der Waals surface area contributed by atoms with Crippen molar-refractivity contribution in [2.24, 2.45) is 0 Å². The van der Waals surface area contributed by atoms with Crippen LogP contribution in [0, 0.1) is 0 Å². The maximum Gasteiger partial charge on any atom is 0.409 e. The molecular weight excluding hydrogens is 637 g/mol. The lowest BCUT2D eigenvalue weighted by Crippen LogP contribution is -2.57. The third-order valence-electron chi connectivity index (χ3n) is 7.61. The lowest BCUT2D eigenvalue weighted by Gasteiger charge is -2.36. The second-order valence-electron chi connectivity index (χ2n) is 11.0. The van der Waals surface area contributed by atoms with Crippen molar-refractivity contribution >= 4 is 25.5 Å². The fourth-order valence-corrected chi connectivity index (χ4v) is 6.86. The Balaban J connectivity index is 1.62. The summed E-state index contributed by atoms with van der Waals surface area (Å²) in [6, 6.07) is 16.7. The number of benzene rings is 2. The predicted molar refractivity (Wildman–Crippen MR) is 181 cm³/mol. The first-order valence-corrected chi connectivity index (χ1v) is 17.9. The summed E-state index contributed by atoms with van der Waals surface area (Å²) in [5.74, 6) is -0.166. The molecule has 14 heteroatoms. The summed E-state index contributed by atoms with van der Waals surface area (Å²) in [6.07, 6.45) is 0.858. The molecule has 48 heavy (non-hydrogen) atoms. The molecule has 2 heterocycles. The van der Waals surface area contributed by atoms with Crippen LogP contribution in [0.2, 0.25) is 0 Å². The van der Waals surface area contributed by atoms with Crippen LogP contribution in [0.1, 0.15) is 44.1 Å². The number of nitrogens with zero attached hydrogens (tertiary/aromatic N) is 4. The molecule has 0 spiro atoms. The first kappa shape index (κ1) is 36.5. The van der Waals surface area contributed by atoms with Gasteiger partial charge in [-0.1, -0.05) is 43.7 Å². The van der Waals surface area contributed by atoms with Gasteiger partial charge in [0.25, 0.3) is 5.91 Å². The standard InChI is InChI=1S/C34H44N5O8P/c1-5-8-22-45-34(42)39-20-18-38(19-21-39)33(41)30(24-48(43,46-6-2)47-7-3)37-32(40)29-23-28(25-14-16-27(44-4)17-15-25)35-31(36-29)26-12-10-9-11-13-26/h9-17,23,30H,5-8,18-22,24H2,1-4H3,(H,37,40)/t30-/m0/s1. The van der Waals surface area contributed by atoms with Gasteiger partial charge in [0, 0.05) is 37.3 Å². The molecule has 258 valence electrons. The number of nitrogens with one attached hydrogen (secondary N) is 1. The van der Waals surface area contributed by atoms with Crippen LogP contribution in [0.3, 0.4) is 0 Å². The Kier molecular flexibility index (Phi) is 13.5. The molecule has 0 saturated carbocycles. The molecule has 3 amide bonds. The molecule has 2 aromatic carbocycles. The molecule has 0 aliphatic carbocycles. The summed E-state index contributed by atoms with van der Waals surface area (Å²) in [7, 11) is -2.21. The summed E-state index contributed by atoms with van der Waals surface area (Å²) in [6.45, 7) is 6.78. The van der Waals surface area contributed by atoms with E-state index in [9.17, 15) is 18.9 Å². The Morgan fingerprint density at radius 2 is 1.52 bits per heavy atom. The Morgan fingerprint density at radius 3 is 2.12 bits per heavy atom. The first-order valence-electron chi connectivity index (χ1n) is 16.2. The third-order valence-corrected chi connectivity index (χ3v) is 9.73. The lowest BCUT2D eigenvalue weighted by atomic mass is 10.1. The highest BCUT2D eigenvalue weighted by molar-refractivity contribution is 7.54. The van der Waals surface area contributed by atoms with Gasteiger partial charge in [0.1, 0.15) is 17.5 Å². The van der Waals surface area contributed by atoms with Gasteiger partial charge in [-0.25, -0.2) is 14.8 Å². The van der Waals surface area contributed by atoms with E-state index in [0.29, 0.717) is 29.4 Å². The van der Waals surface area contributed by atoms with Gasteiger partial charge in [-0.3, -0.25) is 14.2 Å². The van der Waals surface area contributed by atoms with Crippen LogP contribution < -0.4 is 10.1 Å². The lowest BCUT2D eigenvalue weighted by molar-refractivity contribution is -0.134. The maximum absolute atomic E-state index is 14.0. The van der Waals surface area contributed by atoms with E-state index >= 15 is 0 Å². The summed E-state index contributed by atoms with van der Waals surface area (Å²) in [5, 5.41) is 2.77. The third kappa shape index (κ3) is 9.85. The highest BCUT2D eigenvalue weighted by Gasteiger charge is 2.37. The number of amides is 3. The number of piperazine rings is 1. The molecule has 1 N–H and O–H groups in total. The molecular formula is C34H44N5O8P. The quantitative estimate of drug-likeness (QED) is 0.166. The van der Waals surface area contributed by atoms with E-state index in [4.69, 9.17) is 23.5 Å². The zero-order valence-electron chi connectivity index (χ0n) is 27.9. The maximum atomic E-state index is 14.0. The minimum atomic E-state index is -3.79. The normalized spacial score (nSPS) is 13.9. The zero-order chi connectivity index (χ0) is 34.5. The van der Waals surface area contributed by atoms with Crippen LogP contribution in [0.5, 0.6) is 5.75 Å². The molecule has 1 atom stereocenters. The number of hydrogen-bond acceptors (Lipinski definition) is 10. The molecule has 3 aromatic rings. The number of aromatic nitrogens is 2. The summed E-state index contributed by atoms with van der Waals surface area (Å²) in [4.78, 5) is 52.7.